The standard InChI is InChI=1S/C14H19NO4/c1-3-10-5-4-6-11(7-10)8-12(15-9(2)16)13(17)14(18)19/h4-7,12-13,17H,3,8H2,1-2H3,(H,15,16)(H,18,19). The van der Waals surface area contributed by atoms with Gasteiger partial charge in [0.15, 0.2) is 6.10 Å². The SMILES string of the molecule is CCc1cccc(CC(NC(C)=O)C(O)C(=O)O)c1. The molecule has 0 aliphatic heterocycles. The van der Waals surface area contributed by atoms with Crippen LogP contribution in [0.25, 0.3) is 0 Å². The molecule has 1 aromatic rings. The van der Waals surface area contributed by atoms with Gasteiger partial charge in [-0.1, -0.05) is 31.2 Å². The third-order valence-corrected chi connectivity index (χ3v) is 2.88. The maximum Gasteiger partial charge on any atom is 0.334 e. The van der Waals surface area contributed by atoms with Crippen LogP contribution in [0.15, 0.2) is 24.3 Å². The number of aryl methyl sites for hydroxylation is 1. The lowest BCUT2D eigenvalue weighted by Gasteiger charge is -2.21. The minimum atomic E-state index is -1.62. The average Bonchev–Trinajstić information content (AvgIpc) is 2.36. The first-order valence-electron chi connectivity index (χ1n) is 6.19. The molecule has 0 saturated heterocycles. The van der Waals surface area contributed by atoms with Crippen LogP contribution in [-0.2, 0) is 22.4 Å². The minimum Gasteiger partial charge on any atom is -0.479 e. The van der Waals surface area contributed by atoms with Gasteiger partial charge >= 0.3 is 5.97 Å². The van der Waals surface area contributed by atoms with Gasteiger partial charge in [-0.25, -0.2) is 4.79 Å². The van der Waals surface area contributed by atoms with Crippen molar-refractivity contribution in [3.63, 3.8) is 0 Å². The molecular formula is C14H19NO4. The number of carbonyl (C=O) groups excluding carboxylic acids is 1. The van der Waals surface area contributed by atoms with Crippen LogP contribution in [0.4, 0.5) is 0 Å². The van der Waals surface area contributed by atoms with Crippen LogP contribution in [0.5, 0.6) is 0 Å². The van der Waals surface area contributed by atoms with Gasteiger partial charge in [0.1, 0.15) is 0 Å². The van der Waals surface area contributed by atoms with E-state index in [1.165, 1.54) is 6.92 Å². The van der Waals surface area contributed by atoms with Gasteiger partial charge < -0.3 is 15.5 Å². The number of benzene rings is 1. The van der Waals surface area contributed by atoms with Crippen molar-refractivity contribution in [1.29, 1.82) is 0 Å². The molecule has 0 bridgehead atoms. The van der Waals surface area contributed by atoms with E-state index < -0.39 is 18.1 Å². The number of rotatable bonds is 6. The molecule has 1 amide bonds. The van der Waals surface area contributed by atoms with Crippen LogP contribution in [0.1, 0.15) is 25.0 Å². The molecule has 1 rings (SSSR count). The fourth-order valence-electron chi connectivity index (χ4n) is 1.91. The normalized spacial score (nSPS) is 13.6. The molecule has 5 heteroatoms. The quantitative estimate of drug-likeness (QED) is 0.708. The summed E-state index contributed by atoms with van der Waals surface area (Å²) < 4.78 is 0. The van der Waals surface area contributed by atoms with Crippen LogP contribution < -0.4 is 5.32 Å². The van der Waals surface area contributed by atoms with Gasteiger partial charge in [-0.05, 0) is 24.0 Å². The Labute approximate surface area is 112 Å². The number of nitrogens with one attached hydrogen (secondary N) is 1. The lowest BCUT2D eigenvalue weighted by molar-refractivity contribution is -0.148. The van der Waals surface area contributed by atoms with Crippen molar-refractivity contribution >= 4 is 11.9 Å². The summed E-state index contributed by atoms with van der Waals surface area (Å²) in [6.07, 6.45) is -0.463. The van der Waals surface area contributed by atoms with E-state index in [2.05, 4.69) is 5.32 Å². The Morgan fingerprint density at radius 3 is 2.47 bits per heavy atom. The molecular weight excluding hydrogens is 246 g/mol. The number of aliphatic hydroxyl groups is 1. The van der Waals surface area contributed by atoms with Gasteiger partial charge in [0.2, 0.25) is 5.91 Å². The Hall–Kier alpha value is -1.88. The Morgan fingerprint density at radius 2 is 1.95 bits per heavy atom. The highest BCUT2D eigenvalue weighted by molar-refractivity contribution is 5.77. The summed E-state index contributed by atoms with van der Waals surface area (Å²) >= 11 is 0. The van der Waals surface area contributed by atoms with Crippen molar-refractivity contribution < 1.29 is 19.8 Å². The van der Waals surface area contributed by atoms with E-state index in [0.717, 1.165) is 17.5 Å². The largest absolute Gasteiger partial charge is 0.479 e. The molecule has 2 unspecified atom stereocenters. The second-order valence-corrected chi connectivity index (χ2v) is 4.47. The predicted molar refractivity (Wildman–Crippen MR) is 70.8 cm³/mol. The summed E-state index contributed by atoms with van der Waals surface area (Å²) in [7, 11) is 0. The molecule has 0 fully saturated rings. The highest BCUT2D eigenvalue weighted by Crippen LogP contribution is 2.10. The lowest BCUT2D eigenvalue weighted by atomic mass is 9.99. The smallest absolute Gasteiger partial charge is 0.334 e. The molecule has 0 aliphatic rings. The maximum atomic E-state index is 11.1. The highest BCUT2D eigenvalue weighted by Gasteiger charge is 2.26. The molecule has 2 atom stereocenters. The molecule has 104 valence electrons. The van der Waals surface area contributed by atoms with Crippen molar-refractivity contribution in [2.75, 3.05) is 0 Å². The Morgan fingerprint density at radius 1 is 1.32 bits per heavy atom. The number of amides is 1. The minimum absolute atomic E-state index is 0.279. The number of aliphatic carboxylic acids is 1. The van der Waals surface area contributed by atoms with E-state index in [-0.39, 0.29) is 12.3 Å². The molecule has 0 spiro atoms. The van der Waals surface area contributed by atoms with Crippen LogP contribution in [0, 0.1) is 0 Å². The van der Waals surface area contributed by atoms with Gasteiger partial charge in [0.05, 0.1) is 6.04 Å². The third kappa shape index (κ3) is 4.71. The second kappa shape index (κ2) is 6.89. The summed E-state index contributed by atoms with van der Waals surface area (Å²) in [6, 6.07) is 6.82. The molecule has 0 saturated carbocycles. The molecule has 0 aliphatic carbocycles. The first-order valence-corrected chi connectivity index (χ1v) is 6.19. The Bertz CT molecular complexity index is 459. The molecule has 1 aromatic carbocycles. The van der Waals surface area contributed by atoms with Crippen LogP contribution in [0.2, 0.25) is 0 Å². The topological polar surface area (TPSA) is 86.6 Å². The fraction of sp³-hybridized carbons (Fsp3) is 0.429. The van der Waals surface area contributed by atoms with Crippen LogP contribution in [-0.4, -0.2) is 34.2 Å². The van der Waals surface area contributed by atoms with Crippen molar-refractivity contribution in [2.45, 2.75) is 38.8 Å². The van der Waals surface area contributed by atoms with Crippen LogP contribution >= 0.6 is 0 Å². The zero-order chi connectivity index (χ0) is 14.4. The molecule has 3 N–H and O–H groups in total. The molecule has 19 heavy (non-hydrogen) atoms. The van der Waals surface area contributed by atoms with Gasteiger partial charge in [0.25, 0.3) is 0 Å². The van der Waals surface area contributed by atoms with Crippen LogP contribution in [0.3, 0.4) is 0 Å². The molecule has 0 heterocycles. The summed E-state index contributed by atoms with van der Waals surface area (Å²) in [6.45, 7) is 3.32. The number of carboxylic acids is 1. The van der Waals surface area contributed by atoms with Crippen molar-refractivity contribution in [3.8, 4) is 0 Å². The zero-order valence-corrected chi connectivity index (χ0v) is 11.1. The molecule has 0 radical (unpaired) electrons. The first kappa shape index (κ1) is 15.2. The summed E-state index contributed by atoms with van der Waals surface area (Å²) in [5.74, 6) is -1.71. The van der Waals surface area contributed by atoms with Gasteiger partial charge in [-0.3, -0.25) is 4.79 Å². The van der Waals surface area contributed by atoms with E-state index in [1.54, 1.807) is 0 Å². The number of hydrogen-bond donors (Lipinski definition) is 3. The van der Waals surface area contributed by atoms with Crippen molar-refractivity contribution in [3.05, 3.63) is 35.4 Å². The predicted octanol–water partition coefficient (Wildman–Crippen LogP) is 0.742. The number of carbonyl (C=O) groups is 2. The van der Waals surface area contributed by atoms with E-state index >= 15 is 0 Å². The van der Waals surface area contributed by atoms with Gasteiger partial charge in [0, 0.05) is 6.92 Å². The second-order valence-electron chi connectivity index (χ2n) is 4.47. The summed E-state index contributed by atoms with van der Waals surface area (Å²) in [5, 5.41) is 20.9. The van der Waals surface area contributed by atoms with E-state index in [9.17, 15) is 14.7 Å². The summed E-state index contributed by atoms with van der Waals surface area (Å²) in [4.78, 5) is 21.9. The van der Waals surface area contributed by atoms with Crippen molar-refractivity contribution in [2.24, 2.45) is 0 Å². The van der Waals surface area contributed by atoms with E-state index in [4.69, 9.17) is 5.11 Å². The highest BCUT2D eigenvalue weighted by atomic mass is 16.4. The number of aliphatic hydroxyl groups excluding tert-OH is 1. The Kier molecular flexibility index (Phi) is 5.51. The van der Waals surface area contributed by atoms with Crippen molar-refractivity contribution in [1.82, 2.24) is 5.32 Å². The van der Waals surface area contributed by atoms with Gasteiger partial charge in [-0.15, -0.1) is 0 Å². The first-order chi connectivity index (χ1) is 8.93. The molecule has 0 aromatic heterocycles. The fourth-order valence-corrected chi connectivity index (χ4v) is 1.91. The number of hydrogen-bond acceptors (Lipinski definition) is 3. The molecule has 5 nitrogen and oxygen atoms in total. The van der Waals surface area contributed by atoms with Gasteiger partial charge in [-0.2, -0.15) is 0 Å². The third-order valence-electron chi connectivity index (χ3n) is 2.88. The average molecular weight is 265 g/mol. The summed E-state index contributed by atoms with van der Waals surface area (Å²) in [5.41, 5.74) is 2.02. The zero-order valence-electron chi connectivity index (χ0n) is 11.1. The number of carboxylic acid groups (broad SMARTS) is 1. The lowest BCUT2D eigenvalue weighted by Crippen LogP contribution is -2.47. The monoisotopic (exact) mass is 265 g/mol. The van der Waals surface area contributed by atoms with E-state index in [1.807, 2.05) is 31.2 Å². The Balaban J connectivity index is 2.86. The maximum absolute atomic E-state index is 11.1. The van der Waals surface area contributed by atoms with E-state index in [0.29, 0.717) is 0 Å².